The molecule has 3 atom stereocenters. The van der Waals surface area contributed by atoms with Crippen LogP contribution in [0.4, 0.5) is 0 Å². The van der Waals surface area contributed by atoms with Gasteiger partial charge in [-0.25, -0.2) is 0 Å². The lowest BCUT2D eigenvalue weighted by Gasteiger charge is -2.35. The van der Waals surface area contributed by atoms with Crippen LogP contribution in [0, 0.1) is 0 Å². The Kier molecular flexibility index (Phi) is 3.57. The Labute approximate surface area is 112 Å². The van der Waals surface area contributed by atoms with Crippen molar-refractivity contribution in [1.82, 2.24) is 10.2 Å². The molecule has 0 aliphatic carbocycles. The Hall–Kier alpha value is -1.33. The van der Waals surface area contributed by atoms with E-state index in [1.807, 2.05) is 12.1 Å². The number of hydrogen-bond donors (Lipinski definition) is 1. The summed E-state index contributed by atoms with van der Waals surface area (Å²) in [4.78, 5) is 14.0. The van der Waals surface area contributed by atoms with Gasteiger partial charge in [0.2, 0.25) is 5.91 Å². The van der Waals surface area contributed by atoms with Gasteiger partial charge in [0, 0.05) is 19.6 Å². The van der Waals surface area contributed by atoms with Gasteiger partial charge >= 0.3 is 0 Å². The molecule has 0 radical (unpaired) electrons. The van der Waals surface area contributed by atoms with Crippen molar-refractivity contribution in [3.63, 3.8) is 0 Å². The third-order valence-electron chi connectivity index (χ3n) is 4.14. The fourth-order valence-corrected chi connectivity index (χ4v) is 3.17. The van der Waals surface area contributed by atoms with Crippen molar-refractivity contribution in [2.75, 3.05) is 13.6 Å². The van der Waals surface area contributed by atoms with E-state index in [9.17, 15) is 4.79 Å². The highest BCUT2D eigenvalue weighted by Gasteiger charge is 2.41. The second kappa shape index (κ2) is 5.35. The second-order valence-electron chi connectivity index (χ2n) is 5.26. The number of carbonyl (C=O) groups is 1. The first-order chi connectivity index (χ1) is 9.28. The summed E-state index contributed by atoms with van der Waals surface area (Å²) >= 11 is 0. The molecule has 2 saturated heterocycles. The SMILES string of the molecule is CNC(=O)[C@@H]1CC[C@H]2[C@H](CCN2Cc2ccco2)O1. The van der Waals surface area contributed by atoms with Crippen LogP contribution in [0.3, 0.4) is 0 Å². The van der Waals surface area contributed by atoms with Crippen molar-refractivity contribution in [2.45, 2.75) is 44.1 Å². The van der Waals surface area contributed by atoms with Crippen LogP contribution in [-0.4, -0.2) is 42.6 Å². The van der Waals surface area contributed by atoms with Gasteiger partial charge in [-0.3, -0.25) is 9.69 Å². The highest BCUT2D eigenvalue weighted by atomic mass is 16.5. The van der Waals surface area contributed by atoms with E-state index in [4.69, 9.17) is 9.15 Å². The largest absolute Gasteiger partial charge is 0.468 e. The minimum atomic E-state index is -0.269. The van der Waals surface area contributed by atoms with Gasteiger partial charge in [-0.2, -0.15) is 0 Å². The number of furan rings is 1. The van der Waals surface area contributed by atoms with Gasteiger partial charge in [0.15, 0.2) is 0 Å². The lowest BCUT2D eigenvalue weighted by atomic mass is 9.98. The standard InChI is InChI=1S/C14H20N2O3/c1-15-14(17)13-5-4-11-12(19-13)6-7-16(11)9-10-3-2-8-18-10/h2-3,8,11-13H,4-7,9H2,1H3,(H,15,17)/t11-,12-,13-/m0/s1. The van der Waals surface area contributed by atoms with Crippen molar-refractivity contribution in [3.8, 4) is 0 Å². The molecule has 1 aromatic rings. The molecule has 1 aromatic heterocycles. The highest BCUT2D eigenvalue weighted by Crippen LogP contribution is 2.32. The fourth-order valence-electron chi connectivity index (χ4n) is 3.17. The maximum absolute atomic E-state index is 11.6. The molecule has 2 aliphatic rings. The fraction of sp³-hybridized carbons (Fsp3) is 0.643. The molecule has 0 spiro atoms. The zero-order valence-electron chi connectivity index (χ0n) is 11.2. The van der Waals surface area contributed by atoms with Crippen LogP contribution in [-0.2, 0) is 16.1 Å². The molecule has 104 valence electrons. The average molecular weight is 264 g/mol. The van der Waals surface area contributed by atoms with E-state index in [0.717, 1.165) is 38.1 Å². The molecule has 19 heavy (non-hydrogen) atoms. The van der Waals surface area contributed by atoms with Crippen molar-refractivity contribution in [1.29, 1.82) is 0 Å². The van der Waals surface area contributed by atoms with Crippen molar-refractivity contribution in [2.24, 2.45) is 0 Å². The van der Waals surface area contributed by atoms with Crippen LogP contribution in [0.15, 0.2) is 22.8 Å². The van der Waals surface area contributed by atoms with Crippen LogP contribution in [0.5, 0.6) is 0 Å². The first-order valence-corrected chi connectivity index (χ1v) is 6.91. The summed E-state index contributed by atoms with van der Waals surface area (Å²) in [5, 5.41) is 2.67. The second-order valence-corrected chi connectivity index (χ2v) is 5.26. The number of likely N-dealkylation sites (tertiary alicyclic amines) is 1. The van der Waals surface area contributed by atoms with E-state index in [1.165, 1.54) is 0 Å². The molecule has 2 fully saturated rings. The van der Waals surface area contributed by atoms with E-state index in [0.29, 0.717) is 6.04 Å². The summed E-state index contributed by atoms with van der Waals surface area (Å²) in [7, 11) is 1.66. The summed E-state index contributed by atoms with van der Waals surface area (Å²) < 4.78 is 11.3. The Bertz CT molecular complexity index is 432. The topological polar surface area (TPSA) is 54.7 Å². The smallest absolute Gasteiger partial charge is 0.248 e. The number of amides is 1. The number of rotatable bonds is 3. The summed E-state index contributed by atoms with van der Waals surface area (Å²) in [6.07, 6.45) is 4.44. The van der Waals surface area contributed by atoms with Crippen LogP contribution in [0.2, 0.25) is 0 Å². The zero-order chi connectivity index (χ0) is 13.2. The van der Waals surface area contributed by atoms with E-state index in [-0.39, 0.29) is 18.1 Å². The number of carbonyl (C=O) groups excluding carboxylic acids is 1. The lowest BCUT2D eigenvalue weighted by molar-refractivity contribution is -0.143. The van der Waals surface area contributed by atoms with Crippen molar-refractivity contribution in [3.05, 3.63) is 24.2 Å². The van der Waals surface area contributed by atoms with E-state index in [1.54, 1.807) is 13.3 Å². The van der Waals surface area contributed by atoms with Crippen molar-refractivity contribution >= 4 is 5.91 Å². The summed E-state index contributed by atoms with van der Waals surface area (Å²) in [5.74, 6) is 0.997. The number of nitrogens with zero attached hydrogens (tertiary/aromatic N) is 1. The molecule has 0 bridgehead atoms. The van der Waals surface area contributed by atoms with Crippen LogP contribution < -0.4 is 5.32 Å². The highest BCUT2D eigenvalue weighted by molar-refractivity contribution is 5.80. The molecule has 0 aromatic carbocycles. The number of hydrogen-bond acceptors (Lipinski definition) is 4. The number of nitrogens with one attached hydrogen (secondary N) is 1. The van der Waals surface area contributed by atoms with E-state index >= 15 is 0 Å². The summed E-state index contributed by atoms with van der Waals surface area (Å²) in [6, 6.07) is 4.35. The Balaban J connectivity index is 1.60. The van der Waals surface area contributed by atoms with E-state index < -0.39 is 0 Å². The minimum Gasteiger partial charge on any atom is -0.468 e. The van der Waals surface area contributed by atoms with Gasteiger partial charge in [0.25, 0.3) is 0 Å². The molecule has 0 unspecified atom stereocenters. The molecule has 3 heterocycles. The Morgan fingerprint density at radius 1 is 1.47 bits per heavy atom. The van der Waals surface area contributed by atoms with E-state index in [2.05, 4.69) is 10.2 Å². The molecule has 0 saturated carbocycles. The Morgan fingerprint density at radius 3 is 3.11 bits per heavy atom. The van der Waals surface area contributed by atoms with Crippen LogP contribution in [0.1, 0.15) is 25.0 Å². The van der Waals surface area contributed by atoms with Gasteiger partial charge in [-0.1, -0.05) is 0 Å². The van der Waals surface area contributed by atoms with Gasteiger partial charge < -0.3 is 14.5 Å². The number of ether oxygens (including phenoxy) is 1. The molecule has 2 aliphatic heterocycles. The summed E-state index contributed by atoms with van der Waals surface area (Å²) in [6.45, 7) is 1.85. The third kappa shape index (κ3) is 2.53. The van der Waals surface area contributed by atoms with Gasteiger partial charge in [0.1, 0.15) is 11.9 Å². The normalized spacial score (nSPS) is 31.1. The molecule has 1 N–H and O–H groups in total. The van der Waals surface area contributed by atoms with Gasteiger partial charge in [-0.05, 0) is 31.4 Å². The first kappa shape index (κ1) is 12.7. The maximum atomic E-state index is 11.6. The predicted octanol–water partition coefficient (Wildman–Crippen LogP) is 1.15. The third-order valence-corrected chi connectivity index (χ3v) is 4.14. The quantitative estimate of drug-likeness (QED) is 0.889. The van der Waals surface area contributed by atoms with Gasteiger partial charge in [0.05, 0.1) is 18.9 Å². The number of likely N-dealkylation sites (N-methyl/N-ethyl adjacent to an activating group) is 1. The molecule has 5 heteroatoms. The molecule has 5 nitrogen and oxygen atoms in total. The Morgan fingerprint density at radius 2 is 2.37 bits per heavy atom. The minimum absolute atomic E-state index is 0.00272. The molecular formula is C14H20N2O3. The lowest BCUT2D eigenvalue weighted by Crippen LogP contribution is -2.47. The average Bonchev–Trinajstić information content (AvgIpc) is 3.08. The molecule has 3 rings (SSSR count). The van der Waals surface area contributed by atoms with Crippen molar-refractivity contribution < 1.29 is 13.9 Å². The zero-order valence-corrected chi connectivity index (χ0v) is 11.2. The molecular weight excluding hydrogens is 244 g/mol. The number of fused-ring (bicyclic) bond motifs is 1. The monoisotopic (exact) mass is 264 g/mol. The molecule has 1 amide bonds. The maximum Gasteiger partial charge on any atom is 0.248 e. The van der Waals surface area contributed by atoms with Crippen LogP contribution in [0.25, 0.3) is 0 Å². The summed E-state index contributed by atoms with van der Waals surface area (Å²) in [5.41, 5.74) is 0. The first-order valence-electron chi connectivity index (χ1n) is 6.91. The van der Waals surface area contributed by atoms with Crippen LogP contribution >= 0.6 is 0 Å². The predicted molar refractivity (Wildman–Crippen MR) is 69.5 cm³/mol. The van der Waals surface area contributed by atoms with Gasteiger partial charge in [-0.15, -0.1) is 0 Å².